The number of benzene rings is 3. The van der Waals surface area contributed by atoms with E-state index in [2.05, 4.69) is 0 Å². The van der Waals surface area contributed by atoms with E-state index in [4.69, 9.17) is 27.9 Å². The molecular formula is C28H23Cl2F4NO4S. The topological polar surface area (TPSA) is 63.7 Å². The zero-order chi connectivity index (χ0) is 29.4. The van der Waals surface area contributed by atoms with Gasteiger partial charge < -0.3 is 9.53 Å². The molecule has 3 aromatic rings. The Labute approximate surface area is 239 Å². The first-order chi connectivity index (χ1) is 18.7. The normalized spacial score (nSPS) is 15.9. The molecule has 0 bridgehead atoms. The van der Waals surface area contributed by atoms with E-state index in [0.29, 0.717) is 17.2 Å². The van der Waals surface area contributed by atoms with Crippen LogP contribution in [-0.2, 0) is 21.0 Å². The van der Waals surface area contributed by atoms with Gasteiger partial charge in [0.1, 0.15) is 23.5 Å². The summed E-state index contributed by atoms with van der Waals surface area (Å²) in [7, 11) is -4.53. The molecule has 5 nitrogen and oxygen atoms in total. The second-order valence-electron chi connectivity index (χ2n) is 9.31. The molecule has 0 fully saturated rings. The monoisotopic (exact) mass is 615 g/mol. The first-order valence-corrected chi connectivity index (χ1v) is 14.2. The Bertz CT molecular complexity index is 1590. The maximum absolute atomic E-state index is 14.5. The van der Waals surface area contributed by atoms with Gasteiger partial charge in [0.15, 0.2) is 0 Å². The maximum Gasteiger partial charge on any atom is 0.416 e. The summed E-state index contributed by atoms with van der Waals surface area (Å²) in [6.45, 7) is 2.72. The Morgan fingerprint density at radius 2 is 1.77 bits per heavy atom. The number of allylic oxidation sites excluding steroid dienone is 1. The first kappa shape index (κ1) is 29.9. The van der Waals surface area contributed by atoms with Crippen LogP contribution in [0.3, 0.4) is 0 Å². The Hall–Kier alpha value is -3.08. The molecule has 0 saturated heterocycles. The molecule has 12 heteroatoms. The van der Waals surface area contributed by atoms with E-state index < -0.39 is 38.6 Å². The predicted octanol–water partition coefficient (Wildman–Crippen LogP) is 8.04. The van der Waals surface area contributed by atoms with E-state index in [1.165, 1.54) is 43.3 Å². The van der Waals surface area contributed by atoms with E-state index in [1.807, 2.05) is 0 Å². The first-order valence-electron chi connectivity index (χ1n) is 12.0. The average molecular weight is 616 g/mol. The Kier molecular flexibility index (Phi) is 8.54. The summed E-state index contributed by atoms with van der Waals surface area (Å²) in [4.78, 5) is 11.0. The molecule has 0 spiro atoms. The van der Waals surface area contributed by atoms with Crippen molar-refractivity contribution in [2.24, 2.45) is 0 Å². The summed E-state index contributed by atoms with van der Waals surface area (Å²) in [5.74, 6) is -0.637. The molecule has 3 aromatic carbocycles. The van der Waals surface area contributed by atoms with Gasteiger partial charge >= 0.3 is 6.18 Å². The van der Waals surface area contributed by atoms with Gasteiger partial charge in [-0.2, -0.15) is 13.2 Å². The van der Waals surface area contributed by atoms with E-state index >= 15 is 0 Å². The SMILES string of the molecule is CC(=O)CCC1CN(S(=O)(=O)c2cccc(C(F)(F)F)c2)c2cc(C=C(C)c3c(F)cccc3Cl)c(Cl)cc2O1. The number of fused-ring (bicyclic) bond motifs is 1. The van der Waals surface area contributed by atoms with Crippen LogP contribution in [0.2, 0.25) is 10.0 Å². The molecule has 1 unspecified atom stereocenters. The van der Waals surface area contributed by atoms with Gasteiger partial charge in [-0.05, 0) is 73.9 Å². The van der Waals surface area contributed by atoms with E-state index in [-0.39, 0.29) is 52.2 Å². The van der Waals surface area contributed by atoms with Gasteiger partial charge in [0.2, 0.25) is 0 Å². The molecule has 1 aliphatic heterocycles. The number of carbonyl (C=O) groups is 1. The van der Waals surface area contributed by atoms with Gasteiger partial charge in [-0.1, -0.05) is 35.3 Å². The molecule has 0 radical (unpaired) electrons. The van der Waals surface area contributed by atoms with Crippen LogP contribution >= 0.6 is 23.2 Å². The lowest BCUT2D eigenvalue weighted by atomic mass is 10.0. The van der Waals surface area contributed by atoms with Crippen molar-refractivity contribution in [2.75, 3.05) is 10.8 Å². The van der Waals surface area contributed by atoms with Gasteiger partial charge in [-0.25, -0.2) is 12.8 Å². The third-order valence-corrected chi connectivity index (χ3v) is 8.72. The fourth-order valence-electron chi connectivity index (χ4n) is 4.34. The highest BCUT2D eigenvalue weighted by molar-refractivity contribution is 7.92. The highest BCUT2D eigenvalue weighted by Crippen LogP contribution is 2.43. The molecule has 4 rings (SSSR count). The van der Waals surface area contributed by atoms with Crippen molar-refractivity contribution >= 4 is 56.3 Å². The fourth-order valence-corrected chi connectivity index (χ4v) is 6.41. The predicted molar refractivity (Wildman–Crippen MR) is 147 cm³/mol. The number of halogens is 6. The highest BCUT2D eigenvalue weighted by atomic mass is 35.5. The summed E-state index contributed by atoms with van der Waals surface area (Å²) >= 11 is 12.7. The zero-order valence-corrected chi connectivity index (χ0v) is 23.6. The number of rotatable bonds is 7. The van der Waals surface area contributed by atoms with Crippen LogP contribution in [0, 0.1) is 5.82 Å². The smallest absolute Gasteiger partial charge is 0.416 e. The van der Waals surface area contributed by atoms with Crippen molar-refractivity contribution in [3.8, 4) is 5.75 Å². The molecule has 1 aliphatic rings. The number of alkyl halides is 3. The van der Waals surface area contributed by atoms with Crippen molar-refractivity contribution in [3.63, 3.8) is 0 Å². The summed E-state index contributed by atoms with van der Waals surface area (Å²) in [6, 6.07) is 10.4. The van der Waals surface area contributed by atoms with Crippen molar-refractivity contribution in [1.82, 2.24) is 0 Å². The number of sulfonamides is 1. The Morgan fingerprint density at radius 1 is 1.07 bits per heavy atom. The van der Waals surface area contributed by atoms with Crippen LogP contribution in [0.15, 0.2) is 59.5 Å². The molecule has 0 N–H and O–H groups in total. The van der Waals surface area contributed by atoms with Gasteiger partial charge in [-0.15, -0.1) is 0 Å². The molecule has 0 aromatic heterocycles. The van der Waals surface area contributed by atoms with Crippen LogP contribution < -0.4 is 9.04 Å². The number of hydrogen-bond donors (Lipinski definition) is 0. The highest BCUT2D eigenvalue weighted by Gasteiger charge is 2.37. The molecular weight excluding hydrogens is 593 g/mol. The summed E-state index contributed by atoms with van der Waals surface area (Å²) in [5.41, 5.74) is -0.264. The lowest BCUT2D eigenvalue weighted by molar-refractivity contribution is -0.137. The minimum Gasteiger partial charge on any atom is -0.486 e. The van der Waals surface area contributed by atoms with Crippen molar-refractivity contribution in [1.29, 1.82) is 0 Å². The molecule has 0 amide bonds. The largest absolute Gasteiger partial charge is 0.486 e. The van der Waals surface area contributed by atoms with Crippen LogP contribution in [0.25, 0.3) is 11.6 Å². The van der Waals surface area contributed by atoms with Crippen molar-refractivity contribution < 1.29 is 35.5 Å². The number of hydrogen-bond acceptors (Lipinski definition) is 4. The third kappa shape index (κ3) is 6.29. The second kappa shape index (κ2) is 11.4. The lowest BCUT2D eigenvalue weighted by Gasteiger charge is -2.36. The summed E-state index contributed by atoms with van der Waals surface area (Å²) < 4.78 is 89.1. The third-order valence-electron chi connectivity index (χ3n) is 6.31. The van der Waals surface area contributed by atoms with Crippen molar-refractivity contribution in [3.05, 3.63) is 87.2 Å². The molecule has 212 valence electrons. The van der Waals surface area contributed by atoms with Gasteiger partial charge in [0.25, 0.3) is 10.0 Å². The van der Waals surface area contributed by atoms with Crippen LogP contribution in [-0.4, -0.2) is 26.8 Å². The second-order valence-corrected chi connectivity index (χ2v) is 12.0. The molecule has 0 saturated carbocycles. The van der Waals surface area contributed by atoms with Gasteiger partial charge in [0.05, 0.1) is 32.7 Å². The number of ketones is 1. The summed E-state index contributed by atoms with van der Waals surface area (Å²) in [6.07, 6.45) is -3.73. The van der Waals surface area contributed by atoms with E-state index in [9.17, 15) is 30.8 Å². The summed E-state index contributed by atoms with van der Waals surface area (Å²) in [5, 5.41) is 0.308. The maximum atomic E-state index is 14.5. The van der Waals surface area contributed by atoms with Crippen LogP contribution in [0.4, 0.5) is 23.2 Å². The van der Waals surface area contributed by atoms with E-state index in [1.54, 1.807) is 6.92 Å². The quantitative estimate of drug-likeness (QED) is 0.199. The van der Waals surface area contributed by atoms with Crippen LogP contribution in [0.5, 0.6) is 5.75 Å². The molecule has 1 heterocycles. The minimum atomic E-state index is -4.75. The number of nitrogens with zero attached hydrogens (tertiary/aromatic N) is 1. The Balaban J connectivity index is 1.84. The number of anilines is 1. The Morgan fingerprint density at radius 3 is 2.42 bits per heavy atom. The van der Waals surface area contributed by atoms with Crippen molar-refractivity contribution in [2.45, 2.75) is 43.9 Å². The standard InChI is InChI=1S/C28H23Cl2F4NO4S/c1-16(27-22(29)7-4-8-24(27)31)11-18-12-25-26(14-23(18)30)39-20(10-9-17(2)36)15-35(25)40(37,38)21-6-3-5-19(13-21)28(32,33)34/h3-8,11-14,20H,9-10,15H2,1-2H3. The average Bonchev–Trinajstić information content (AvgIpc) is 2.87. The van der Waals surface area contributed by atoms with Gasteiger partial charge in [0, 0.05) is 18.1 Å². The van der Waals surface area contributed by atoms with E-state index in [0.717, 1.165) is 22.5 Å². The molecule has 0 aliphatic carbocycles. The number of Topliss-reactive ketones (excluding diaryl/α,β-unsaturated/α-hetero) is 1. The molecule has 40 heavy (non-hydrogen) atoms. The minimum absolute atomic E-state index is 0.0274. The molecule has 1 atom stereocenters. The fraction of sp³-hybridized carbons (Fsp3) is 0.250. The lowest BCUT2D eigenvalue weighted by Crippen LogP contribution is -2.43. The number of carbonyl (C=O) groups excluding carboxylic acids is 1. The number of ether oxygens (including phenoxy) is 1. The van der Waals surface area contributed by atoms with Crippen LogP contribution in [0.1, 0.15) is 43.4 Å². The zero-order valence-electron chi connectivity index (χ0n) is 21.2. The van der Waals surface area contributed by atoms with Gasteiger partial charge in [-0.3, -0.25) is 4.31 Å².